The Bertz CT molecular complexity index is 792. The first-order valence-corrected chi connectivity index (χ1v) is 6.30. The van der Waals surface area contributed by atoms with Crippen LogP contribution in [-0.2, 0) is 6.54 Å². The van der Waals surface area contributed by atoms with Gasteiger partial charge in [-0.15, -0.1) is 0 Å². The van der Waals surface area contributed by atoms with Crippen molar-refractivity contribution < 1.29 is 5.11 Å². The molecule has 2 heterocycles. The van der Waals surface area contributed by atoms with Gasteiger partial charge in [0.2, 0.25) is 5.78 Å². The van der Waals surface area contributed by atoms with Crippen LogP contribution >= 0.6 is 0 Å². The lowest BCUT2D eigenvalue weighted by atomic mass is 10.1. The third kappa shape index (κ3) is 2.10. The molecule has 3 aromatic rings. The van der Waals surface area contributed by atoms with Gasteiger partial charge in [-0.3, -0.25) is 4.79 Å². The third-order valence-electron chi connectivity index (χ3n) is 3.28. The Balaban J connectivity index is 2.03. The Kier molecular flexibility index (Phi) is 3.08. The second-order valence-corrected chi connectivity index (χ2v) is 4.63. The number of benzene rings is 1. The molecule has 20 heavy (non-hydrogen) atoms. The minimum atomic E-state index is -0.669. The fourth-order valence-electron chi connectivity index (χ4n) is 2.23. The minimum Gasteiger partial charge on any atom is -0.387 e. The first kappa shape index (κ1) is 12.6. The summed E-state index contributed by atoms with van der Waals surface area (Å²) in [7, 11) is 0. The third-order valence-corrected chi connectivity index (χ3v) is 3.28. The van der Waals surface area contributed by atoms with Crippen LogP contribution in [0.2, 0.25) is 0 Å². The molecule has 0 fully saturated rings. The summed E-state index contributed by atoms with van der Waals surface area (Å²) >= 11 is 0. The summed E-state index contributed by atoms with van der Waals surface area (Å²) in [6.45, 7) is 2.13. The van der Waals surface area contributed by atoms with E-state index >= 15 is 0 Å². The predicted molar refractivity (Wildman–Crippen MR) is 73.4 cm³/mol. The Morgan fingerprint density at radius 1 is 1.30 bits per heavy atom. The van der Waals surface area contributed by atoms with Crippen LogP contribution < -0.4 is 5.56 Å². The molecule has 1 N–H and O–H groups in total. The van der Waals surface area contributed by atoms with Crippen LogP contribution in [0, 0.1) is 6.92 Å². The Morgan fingerprint density at radius 3 is 2.80 bits per heavy atom. The molecule has 0 aliphatic carbocycles. The average molecular weight is 270 g/mol. The number of hydrogen-bond acceptors (Lipinski definition) is 4. The lowest BCUT2D eigenvalue weighted by Crippen LogP contribution is -2.22. The van der Waals surface area contributed by atoms with E-state index < -0.39 is 6.10 Å². The number of rotatable bonds is 3. The SMILES string of the molecule is Cc1cc(=O)n2ncnc2n1C[C@H](O)c1ccccc1. The molecule has 2 aromatic heterocycles. The van der Waals surface area contributed by atoms with Gasteiger partial charge in [-0.25, -0.2) is 0 Å². The van der Waals surface area contributed by atoms with Gasteiger partial charge in [0.15, 0.2) is 0 Å². The topological polar surface area (TPSA) is 72.4 Å². The smallest absolute Gasteiger partial charge is 0.275 e. The van der Waals surface area contributed by atoms with Gasteiger partial charge in [0.05, 0.1) is 12.6 Å². The van der Waals surface area contributed by atoms with Crippen LogP contribution in [0.4, 0.5) is 0 Å². The first-order chi connectivity index (χ1) is 9.66. The molecule has 0 spiro atoms. The first-order valence-electron chi connectivity index (χ1n) is 6.30. The summed E-state index contributed by atoms with van der Waals surface area (Å²) in [6.07, 6.45) is 0.666. The molecule has 0 saturated heterocycles. The minimum absolute atomic E-state index is 0.222. The van der Waals surface area contributed by atoms with Crippen molar-refractivity contribution in [2.24, 2.45) is 0 Å². The maximum absolute atomic E-state index is 11.8. The van der Waals surface area contributed by atoms with Gasteiger partial charge >= 0.3 is 0 Å². The molecule has 0 unspecified atom stereocenters. The fourth-order valence-corrected chi connectivity index (χ4v) is 2.23. The number of aryl methyl sites for hydroxylation is 1. The zero-order chi connectivity index (χ0) is 14.1. The van der Waals surface area contributed by atoms with Gasteiger partial charge in [-0.2, -0.15) is 14.6 Å². The highest BCUT2D eigenvalue weighted by Gasteiger charge is 2.13. The van der Waals surface area contributed by atoms with Crippen molar-refractivity contribution in [2.45, 2.75) is 19.6 Å². The van der Waals surface area contributed by atoms with Crippen LogP contribution in [0.5, 0.6) is 0 Å². The van der Waals surface area contributed by atoms with Gasteiger partial charge < -0.3 is 9.67 Å². The van der Waals surface area contributed by atoms with Gasteiger partial charge in [-0.1, -0.05) is 30.3 Å². The van der Waals surface area contributed by atoms with E-state index in [1.165, 1.54) is 16.9 Å². The van der Waals surface area contributed by atoms with E-state index in [0.29, 0.717) is 12.3 Å². The number of hydrogen-bond donors (Lipinski definition) is 1. The molecular weight excluding hydrogens is 256 g/mol. The lowest BCUT2D eigenvalue weighted by molar-refractivity contribution is 0.156. The van der Waals surface area contributed by atoms with Crippen LogP contribution in [0.1, 0.15) is 17.4 Å². The molecule has 0 saturated carbocycles. The van der Waals surface area contributed by atoms with E-state index in [-0.39, 0.29) is 5.56 Å². The van der Waals surface area contributed by atoms with Gasteiger partial charge in [0, 0.05) is 11.8 Å². The Morgan fingerprint density at radius 2 is 2.05 bits per heavy atom. The zero-order valence-corrected chi connectivity index (χ0v) is 11.0. The van der Waals surface area contributed by atoms with Crippen LogP contribution in [0.15, 0.2) is 47.5 Å². The standard InChI is InChI=1S/C14H14N4O2/c1-10-7-13(20)18-14(15-9-16-18)17(10)8-12(19)11-5-3-2-4-6-11/h2-7,9,12,19H,8H2,1H3/t12-/m0/s1. The molecule has 6 nitrogen and oxygen atoms in total. The largest absolute Gasteiger partial charge is 0.387 e. The second kappa shape index (κ2) is 4.90. The number of aromatic nitrogens is 4. The summed E-state index contributed by atoms with van der Waals surface area (Å²) in [6, 6.07) is 10.9. The van der Waals surface area contributed by atoms with E-state index in [4.69, 9.17) is 0 Å². The van der Waals surface area contributed by atoms with E-state index in [2.05, 4.69) is 10.1 Å². The van der Waals surface area contributed by atoms with E-state index in [0.717, 1.165) is 11.3 Å². The molecule has 102 valence electrons. The van der Waals surface area contributed by atoms with Crippen molar-refractivity contribution in [1.29, 1.82) is 0 Å². The molecule has 1 atom stereocenters. The quantitative estimate of drug-likeness (QED) is 0.768. The normalized spacial score (nSPS) is 12.7. The zero-order valence-electron chi connectivity index (χ0n) is 11.0. The Hall–Kier alpha value is -2.47. The molecule has 0 radical (unpaired) electrons. The number of aliphatic hydroxyl groups excluding tert-OH is 1. The predicted octanol–water partition coefficient (Wildman–Crippen LogP) is 0.933. The van der Waals surface area contributed by atoms with Crippen LogP contribution in [-0.4, -0.2) is 24.3 Å². The van der Waals surface area contributed by atoms with Crippen molar-refractivity contribution in [2.75, 3.05) is 0 Å². The van der Waals surface area contributed by atoms with Gasteiger partial charge in [-0.05, 0) is 12.5 Å². The number of nitrogens with zero attached hydrogens (tertiary/aromatic N) is 4. The van der Waals surface area contributed by atoms with E-state index in [1.54, 1.807) is 4.57 Å². The fraction of sp³-hybridized carbons (Fsp3) is 0.214. The van der Waals surface area contributed by atoms with Crippen molar-refractivity contribution >= 4 is 5.78 Å². The average Bonchev–Trinajstić information content (AvgIpc) is 2.94. The number of aliphatic hydroxyl groups is 1. The molecule has 0 aliphatic heterocycles. The Labute approximate surface area is 114 Å². The van der Waals surface area contributed by atoms with Crippen LogP contribution in [0.3, 0.4) is 0 Å². The molecule has 0 amide bonds. The summed E-state index contributed by atoms with van der Waals surface area (Å²) in [5.41, 5.74) is 1.34. The molecule has 1 aromatic carbocycles. The van der Waals surface area contributed by atoms with Crippen molar-refractivity contribution in [3.8, 4) is 0 Å². The summed E-state index contributed by atoms with van der Waals surface area (Å²) in [5, 5.41) is 14.2. The van der Waals surface area contributed by atoms with Crippen LogP contribution in [0.25, 0.3) is 5.78 Å². The molecule has 6 heteroatoms. The summed E-state index contributed by atoms with van der Waals surface area (Å²) in [5.74, 6) is 0.435. The van der Waals surface area contributed by atoms with E-state index in [9.17, 15) is 9.90 Å². The van der Waals surface area contributed by atoms with Gasteiger partial charge in [0.25, 0.3) is 5.56 Å². The molecular formula is C14H14N4O2. The van der Waals surface area contributed by atoms with Gasteiger partial charge in [0.1, 0.15) is 6.33 Å². The highest BCUT2D eigenvalue weighted by atomic mass is 16.3. The van der Waals surface area contributed by atoms with Crippen molar-refractivity contribution in [3.63, 3.8) is 0 Å². The maximum Gasteiger partial charge on any atom is 0.275 e. The summed E-state index contributed by atoms with van der Waals surface area (Å²) < 4.78 is 3.01. The maximum atomic E-state index is 11.8. The molecule has 0 bridgehead atoms. The number of fused-ring (bicyclic) bond motifs is 1. The van der Waals surface area contributed by atoms with Crippen molar-refractivity contribution in [1.82, 2.24) is 19.2 Å². The molecule has 0 aliphatic rings. The highest BCUT2D eigenvalue weighted by molar-refractivity contribution is 5.30. The van der Waals surface area contributed by atoms with E-state index in [1.807, 2.05) is 37.3 Å². The lowest BCUT2D eigenvalue weighted by Gasteiger charge is -2.16. The molecule has 3 rings (SSSR count). The van der Waals surface area contributed by atoms with Crippen molar-refractivity contribution in [3.05, 3.63) is 64.3 Å². The second-order valence-electron chi connectivity index (χ2n) is 4.63. The summed E-state index contributed by atoms with van der Waals surface area (Å²) in [4.78, 5) is 15.8. The monoisotopic (exact) mass is 270 g/mol. The highest BCUT2D eigenvalue weighted by Crippen LogP contribution is 2.16.